The number of hydrogen-bond acceptors (Lipinski definition) is 2. The van der Waals surface area contributed by atoms with Crippen LogP contribution in [0.25, 0.3) is 0 Å². The third-order valence-electron chi connectivity index (χ3n) is 4.23. The molecule has 1 aliphatic rings. The highest BCUT2D eigenvalue weighted by Gasteiger charge is 2.28. The van der Waals surface area contributed by atoms with Crippen molar-refractivity contribution in [2.24, 2.45) is 5.84 Å². The zero-order chi connectivity index (χ0) is 13.9. The van der Waals surface area contributed by atoms with E-state index in [1.807, 2.05) is 12.1 Å². The molecule has 2 aromatic carbocycles. The summed E-state index contributed by atoms with van der Waals surface area (Å²) in [6.07, 6.45) is 3.55. The summed E-state index contributed by atoms with van der Waals surface area (Å²) in [6, 6.07) is 16.8. The monoisotopic (exact) mass is 286 g/mol. The van der Waals surface area contributed by atoms with Gasteiger partial charge in [0, 0.05) is 10.9 Å². The van der Waals surface area contributed by atoms with Gasteiger partial charge in [0.15, 0.2) is 0 Å². The maximum absolute atomic E-state index is 5.97. The fraction of sp³-hybridized carbons (Fsp3) is 0.294. The summed E-state index contributed by atoms with van der Waals surface area (Å²) in [6.45, 7) is 0. The third kappa shape index (κ3) is 2.59. The van der Waals surface area contributed by atoms with Crippen molar-refractivity contribution in [2.75, 3.05) is 0 Å². The van der Waals surface area contributed by atoms with Crippen molar-refractivity contribution < 1.29 is 0 Å². The van der Waals surface area contributed by atoms with E-state index in [1.165, 1.54) is 29.5 Å². The second kappa shape index (κ2) is 5.96. The predicted octanol–water partition coefficient (Wildman–Crippen LogP) is 3.96. The molecule has 0 spiro atoms. The van der Waals surface area contributed by atoms with Crippen LogP contribution in [-0.4, -0.2) is 0 Å². The van der Waals surface area contributed by atoms with Crippen molar-refractivity contribution in [2.45, 2.75) is 31.2 Å². The van der Waals surface area contributed by atoms with Gasteiger partial charge in [-0.25, -0.2) is 0 Å². The van der Waals surface area contributed by atoms with Crippen LogP contribution in [0.3, 0.4) is 0 Å². The molecule has 104 valence electrons. The van der Waals surface area contributed by atoms with Crippen molar-refractivity contribution in [3.8, 4) is 0 Å². The molecule has 1 aliphatic carbocycles. The van der Waals surface area contributed by atoms with Gasteiger partial charge in [0.2, 0.25) is 0 Å². The molecule has 0 radical (unpaired) electrons. The number of nitrogens with two attached hydrogens (primary N) is 1. The standard InChI is InChI=1S/C17H19ClN2/c18-14-10-8-13(9-11-14)17(20-19)16-7-3-5-12-4-1-2-6-15(12)16/h1-2,4,6,8-11,16-17,20H,3,5,7,19H2. The molecular weight excluding hydrogens is 268 g/mol. The van der Waals surface area contributed by atoms with Gasteiger partial charge in [0.25, 0.3) is 0 Å². The van der Waals surface area contributed by atoms with Crippen LogP contribution < -0.4 is 11.3 Å². The van der Waals surface area contributed by atoms with Gasteiger partial charge in [0.05, 0.1) is 6.04 Å². The van der Waals surface area contributed by atoms with Crippen LogP contribution >= 0.6 is 11.6 Å². The number of aryl methyl sites for hydroxylation is 1. The second-order valence-electron chi connectivity index (χ2n) is 5.39. The minimum absolute atomic E-state index is 0.133. The quantitative estimate of drug-likeness (QED) is 0.662. The maximum Gasteiger partial charge on any atom is 0.0528 e. The smallest absolute Gasteiger partial charge is 0.0528 e. The molecule has 20 heavy (non-hydrogen) atoms. The first-order valence-corrected chi connectivity index (χ1v) is 7.47. The highest BCUT2D eigenvalue weighted by atomic mass is 35.5. The Morgan fingerprint density at radius 3 is 2.60 bits per heavy atom. The van der Waals surface area contributed by atoms with Crippen LogP contribution in [0.4, 0.5) is 0 Å². The Hall–Kier alpha value is -1.35. The van der Waals surface area contributed by atoms with Gasteiger partial charge in [-0.1, -0.05) is 48.0 Å². The van der Waals surface area contributed by atoms with E-state index in [0.717, 1.165) is 11.4 Å². The summed E-state index contributed by atoms with van der Waals surface area (Å²) in [5, 5.41) is 0.758. The third-order valence-corrected chi connectivity index (χ3v) is 4.48. The number of fused-ring (bicyclic) bond motifs is 1. The van der Waals surface area contributed by atoms with E-state index in [-0.39, 0.29) is 6.04 Å². The number of rotatable bonds is 3. The largest absolute Gasteiger partial charge is 0.271 e. The lowest BCUT2D eigenvalue weighted by Gasteiger charge is -2.32. The first kappa shape index (κ1) is 13.6. The molecule has 2 nitrogen and oxygen atoms in total. The molecule has 3 rings (SSSR count). The lowest BCUT2D eigenvalue weighted by atomic mass is 9.77. The van der Waals surface area contributed by atoms with Crippen LogP contribution in [0.5, 0.6) is 0 Å². The van der Waals surface area contributed by atoms with Gasteiger partial charge in [-0.3, -0.25) is 11.3 Å². The van der Waals surface area contributed by atoms with Crippen molar-refractivity contribution in [1.82, 2.24) is 5.43 Å². The molecule has 2 aromatic rings. The van der Waals surface area contributed by atoms with E-state index < -0.39 is 0 Å². The minimum Gasteiger partial charge on any atom is -0.271 e. The molecule has 0 amide bonds. The van der Waals surface area contributed by atoms with Crippen molar-refractivity contribution in [1.29, 1.82) is 0 Å². The lowest BCUT2D eigenvalue weighted by Crippen LogP contribution is -2.34. The van der Waals surface area contributed by atoms with Gasteiger partial charge in [-0.05, 0) is 48.1 Å². The maximum atomic E-state index is 5.97. The summed E-state index contributed by atoms with van der Waals surface area (Å²) >= 11 is 5.97. The molecule has 0 heterocycles. The predicted molar refractivity (Wildman–Crippen MR) is 83.6 cm³/mol. The van der Waals surface area contributed by atoms with Crippen LogP contribution in [0.2, 0.25) is 5.02 Å². The van der Waals surface area contributed by atoms with E-state index in [4.69, 9.17) is 17.4 Å². The van der Waals surface area contributed by atoms with Gasteiger partial charge in [0.1, 0.15) is 0 Å². The molecule has 0 fully saturated rings. The molecule has 0 saturated carbocycles. The SMILES string of the molecule is NNC(c1ccc(Cl)cc1)C1CCCc2ccccc21. The summed E-state index contributed by atoms with van der Waals surface area (Å²) in [5.41, 5.74) is 7.08. The fourth-order valence-corrected chi connectivity index (χ4v) is 3.38. The highest BCUT2D eigenvalue weighted by Crippen LogP contribution is 2.40. The number of hydrazine groups is 1. The highest BCUT2D eigenvalue weighted by molar-refractivity contribution is 6.30. The number of nitrogens with one attached hydrogen (secondary N) is 1. The van der Waals surface area contributed by atoms with Crippen molar-refractivity contribution >= 4 is 11.6 Å². The molecule has 3 N–H and O–H groups in total. The van der Waals surface area contributed by atoms with E-state index >= 15 is 0 Å². The Morgan fingerprint density at radius 1 is 1.10 bits per heavy atom. The summed E-state index contributed by atoms with van der Waals surface area (Å²) < 4.78 is 0. The molecule has 3 heteroatoms. The zero-order valence-electron chi connectivity index (χ0n) is 11.4. The molecule has 2 unspecified atom stereocenters. The Balaban J connectivity index is 1.96. The van der Waals surface area contributed by atoms with Crippen molar-refractivity contribution in [3.05, 3.63) is 70.2 Å². The second-order valence-corrected chi connectivity index (χ2v) is 5.83. The molecule has 2 atom stereocenters. The Bertz CT molecular complexity index is 580. The van der Waals surface area contributed by atoms with Crippen LogP contribution in [0.1, 0.15) is 41.5 Å². The van der Waals surface area contributed by atoms with Crippen LogP contribution in [0.15, 0.2) is 48.5 Å². The molecule has 0 aliphatic heterocycles. The fourth-order valence-electron chi connectivity index (χ4n) is 3.25. The molecule has 0 aromatic heterocycles. The molecule has 0 bridgehead atoms. The van der Waals surface area contributed by atoms with E-state index in [0.29, 0.717) is 5.92 Å². The Labute approximate surface area is 124 Å². The van der Waals surface area contributed by atoms with E-state index in [1.54, 1.807) is 0 Å². The first-order chi connectivity index (χ1) is 9.79. The lowest BCUT2D eigenvalue weighted by molar-refractivity contribution is 0.408. The Morgan fingerprint density at radius 2 is 1.85 bits per heavy atom. The number of hydrogen-bond donors (Lipinski definition) is 2. The molecular formula is C17H19ClN2. The summed E-state index contributed by atoms with van der Waals surface area (Å²) in [7, 11) is 0. The topological polar surface area (TPSA) is 38.0 Å². The number of halogens is 1. The average Bonchev–Trinajstić information content (AvgIpc) is 2.50. The summed E-state index contributed by atoms with van der Waals surface area (Å²) in [5.74, 6) is 6.27. The molecule has 0 saturated heterocycles. The van der Waals surface area contributed by atoms with E-state index in [9.17, 15) is 0 Å². The van der Waals surface area contributed by atoms with E-state index in [2.05, 4.69) is 41.8 Å². The Kier molecular flexibility index (Phi) is 4.06. The van der Waals surface area contributed by atoms with Gasteiger partial charge in [-0.2, -0.15) is 0 Å². The van der Waals surface area contributed by atoms with Gasteiger partial charge < -0.3 is 0 Å². The zero-order valence-corrected chi connectivity index (χ0v) is 12.1. The average molecular weight is 287 g/mol. The van der Waals surface area contributed by atoms with Crippen LogP contribution in [-0.2, 0) is 6.42 Å². The normalized spacial score (nSPS) is 19.4. The summed E-state index contributed by atoms with van der Waals surface area (Å²) in [4.78, 5) is 0. The van der Waals surface area contributed by atoms with Crippen molar-refractivity contribution in [3.63, 3.8) is 0 Å². The van der Waals surface area contributed by atoms with Crippen LogP contribution in [0, 0.1) is 0 Å². The number of benzene rings is 2. The van der Waals surface area contributed by atoms with Gasteiger partial charge in [-0.15, -0.1) is 0 Å². The minimum atomic E-state index is 0.133. The van der Waals surface area contributed by atoms with Gasteiger partial charge >= 0.3 is 0 Å². The first-order valence-electron chi connectivity index (χ1n) is 7.09.